The van der Waals surface area contributed by atoms with Gasteiger partial charge in [-0.15, -0.1) is 0 Å². The van der Waals surface area contributed by atoms with Gasteiger partial charge in [0.2, 0.25) is 5.91 Å². The predicted octanol–water partition coefficient (Wildman–Crippen LogP) is 3.06. The number of amides is 1. The van der Waals surface area contributed by atoms with Gasteiger partial charge in [0, 0.05) is 32.6 Å². The number of benzene rings is 2. The molecule has 1 amide bonds. The molecule has 2 aromatic carbocycles. The van der Waals surface area contributed by atoms with Crippen molar-refractivity contribution in [1.29, 1.82) is 0 Å². The third-order valence-electron chi connectivity index (χ3n) is 5.23. The normalized spacial score (nSPS) is 19.2. The summed E-state index contributed by atoms with van der Waals surface area (Å²) >= 11 is 6.32. The Labute approximate surface area is 182 Å². The summed E-state index contributed by atoms with van der Waals surface area (Å²) in [6, 6.07) is 14.0. The van der Waals surface area contributed by atoms with Gasteiger partial charge in [-0.1, -0.05) is 41.9 Å². The first-order valence-electron chi connectivity index (χ1n) is 10.4. The van der Waals surface area contributed by atoms with Gasteiger partial charge in [0.05, 0.1) is 37.4 Å². The van der Waals surface area contributed by atoms with Crippen molar-refractivity contribution in [1.82, 2.24) is 10.2 Å². The van der Waals surface area contributed by atoms with Crippen molar-refractivity contribution in [3.63, 3.8) is 0 Å². The van der Waals surface area contributed by atoms with Crippen LogP contribution in [-0.4, -0.2) is 56.4 Å². The lowest BCUT2D eigenvalue weighted by molar-refractivity contribution is -0.121. The predicted molar refractivity (Wildman–Crippen MR) is 115 cm³/mol. The molecular weight excluding hydrogens is 404 g/mol. The van der Waals surface area contributed by atoms with Gasteiger partial charge in [-0.25, -0.2) is 0 Å². The topological polar surface area (TPSA) is 60.0 Å². The fourth-order valence-corrected chi connectivity index (χ4v) is 4.04. The van der Waals surface area contributed by atoms with E-state index in [2.05, 4.69) is 34.5 Å². The average molecular weight is 431 g/mol. The van der Waals surface area contributed by atoms with Crippen LogP contribution < -0.4 is 14.8 Å². The second-order valence-electron chi connectivity index (χ2n) is 7.65. The van der Waals surface area contributed by atoms with Crippen molar-refractivity contribution < 1.29 is 19.0 Å². The summed E-state index contributed by atoms with van der Waals surface area (Å²) in [4.78, 5) is 14.8. The molecule has 30 heavy (non-hydrogen) atoms. The number of fused-ring (bicyclic) bond motifs is 1. The molecule has 2 aliphatic rings. The van der Waals surface area contributed by atoms with Crippen LogP contribution in [0.5, 0.6) is 11.5 Å². The van der Waals surface area contributed by atoms with Crippen LogP contribution in [0.25, 0.3) is 0 Å². The molecular formula is C23H27ClN2O4. The number of morpholine rings is 1. The van der Waals surface area contributed by atoms with Crippen molar-refractivity contribution in [2.75, 3.05) is 39.5 Å². The van der Waals surface area contributed by atoms with E-state index in [0.29, 0.717) is 42.9 Å². The van der Waals surface area contributed by atoms with E-state index in [1.807, 2.05) is 12.1 Å². The Hall–Kier alpha value is -2.28. The van der Waals surface area contributed by atoms with Crippen LogP contribution in [0, 0.1) is 0 Å². The van der Waals surface area contributed by atoms with E-state index in [9.17, 15) is 4.79 Å². The molecule has 160 valence electrons. The summed E-state index contributed by atoms with van der Waals surface area (Å²) < 4.78 is 17.2. The van der Waals surface area contributed by atoms with Crippen LogP contribution in [0.15, 0.2) is 42.5 Å². The summed E-state index contributed by atoms with van der Waals surface area (Å²) in [5.74, 6) is 1.10. The molecule has 0 bridgehead atoms. The van der Waals surface area contributed by atoms with Crippen molar-refractivity contribution in [3.8, 4) is 11.5 Å². The molecule has 0 saturated carbocycles. The molecule has 1 fully saturated rings. The highest BCUT2D eigenvalue weighted by Crippen LogP contribution is 2.38. The number of ether oxygens (including phenoxy) is 3. The lowest BCUT2D eigenvalue weighted by atomic mass is 10.1. The highest BCUT2D eigenvalue weighted by molar-refractivity contribution is 6.32. The molecule has 0 spiro atoms. The zero-order valence-electron chi connectivity index (χ0n) is 16.9. The zero-order chi connectivity index (χ0) is 20.8. The van der Waals surface area contributed by atoms with Crippen molar-refractivity contribution in [3.05, 3.63) is 58.6 Å². The molecule has 1 unspecified atom stereocenters. The molecule has 1 N–H and O–H groups in total. The first-order chi connectivity index (χ1) is 14.7. The van der Waals surface area contributed by atoms with Crippen LogP contribution in [0.4, 0.5) is 0 Å². The number of hydrogen-bond donors (Lipinski definition) is 1. The first kappa shape index (κ1) is 21.0. The number of carbonyl (C=O) groups is 1. The fraction of sp³-hybridized carbons (Fsp3) is 0.435. The quantitative estimate of drug-likeness (QED) is 0.763. The van der Waals surface area contributed by atoms with Gasteiger partial charge in [0.25, 0.3) is 0 Å². The van der Waals surface area contributed by atoms with Gasteiger partial charge in [0.15, 0.2) is 11.5 Å². The average Bonchev–Trinajstić information content (AvgIpc) is 2.99. The van der Waals surface area contributed by atoms with E-state index >= 15 is 0 Å². The standard InChI is InChI=1S/C23H27ClN2O4/c24-20-11-18(12-21-23(20)30-9-4-8-29-21)13-22(27)25-14-19-16-26(7-10-28-19)15-17-5-2-1-3-6-17/h1-3,5-6,11-12,19H,4,7-10,13-16H2,(H,25,27). The minimum atomic E-state index is -0.0654. The van der Waals surface area contributed by atoms with E-state index in [1.54, 1.807) is 6.07 Å². The Kier molecular flexibility index (Phi) is 7.10. The van der Waals surface area contributed by atoms with E-state index < -0.39 is 0 Å². The lowest BCUT2D eigenvalue weighted by Gasteiger charge is -2.33. The largest absolute Gasteiger partial charge is 0.489 e. The fourth-order valence-electron chi connectivity index (χ4n) is 3.75. The highest BCUT2D eigenvalue weighted by atomic mass is 35.5. The molecule has 0 aromatic heterocycles. The van der Waals surface area contributed by atoms with Crippen LogP contribution in [0.3, 0.4) is 0 Å². The molecule has 4 rings (SSSR count). The molecule has 2 aliphatic heterocycles. The molecule has 1 saturated heterocycles. The van der Waals surface area contributed by atoms with E-state index in [1.165, 1.54) is 5.56 Å². The number of rotatable bonds is 6. The van der Waals surface area contributed by atoms with Crippen molar-refractivity contribution in [2.24, 2.45) is 0 Å². The van der Waals surface area contributed by atoms with Crippen LogP contribution in [-0.2, 0) is 22.5 Å². The SMILES string of the molecule is O=C(Cc1cc(Cl)c2c(c1)OCCCO2)NCC1CN(Cc2ccccc2)CCO1. The Morgan fingerprint density at radius 3 is 2.80 bits per heavy atom. The van der Waals surface area contributed by atoms with Gasteiger partial charge in [-0.05, 0) is 23.3 Å². The molecule has 7 heteroatoms. The second-order valence-corrected chi connectivity index (χ2v) is 8.06. The number of nitrogens with zero attached hydrogens (tertiary/aromatic N) is 1. The Balaban J connectivity index is 1.27. The van der Waals surface area contributed by atoms with Crippen molar-refractivity contribution in [2.45, 2.75) is 25.5 Å². The minimum Gasteiger partial charge on any atom is -0.489 e. The van der Waals surface area contributed by atoms with E-state index in [-0.39, 0.29) is 18.4 Å². The van der Waals surface area contributed by atoms with E-state index in [0.717, 1.165) is 31.6 Å². The Morgan fingerprint density at radius 2 is 1.93 bits per heavy atom. The van der Waals surface area contributed by atoms with Crippen molar-refractivity contribution >= 4 is 17.5 Å². The maximum atomic E-state index is 12.5. The molecule has 0 radical (unpaired) electrons. The number of nitrogens with one attached hydrogen (secondary N) is 1. The number of hydrogen-bond acceptors (Lipinski definition) is 5. The summed E-state index contributed by atoms with van der Waals surface area (Å²) in [5, 5.41) is 3.47. The summed E-state index contributed by atoms with van der Waals surface area (Å²) in [6.07, 6.45) is 1.03. The lowest BCUT2D eigenvalue weighted by Crippen LogP contribution is -2.47. The molecule has 0 aliphatic carbocycles. The maximum Gasteiger partial charge on any atom is 0.224 e. The maximum absolute atomic E-state index is 12.5. The first-order valence-corrected chi connectivity index (χ1v) is 10.8. The van der Waals surface area contributed by atoms with Gasteiger partial charge in [0.1, 0.15) is 0 Å². The summed E-state index contributed by atoms with van der Waals surface area (Å²) in [7, 11) is 0. The Bertz CT molecular complexity index is 862. The minimum absolute atomic E-state index is 0.0150. The van der Waals surface area contributed by atoms with Gasteiger partial charge < -0.3 is 19.5 Å². The van der Waals surface area contributed by atoms with Gasteiger partial charge >= 0.3 is 0 Å². The molecule has 2 heterocycles. The third-order valence-corrected chi connectivity index (χ3v) is 5.51. The molecule has 2 aromatic rings. The van der Waals surface area contributed by atoms with Gasteiger partial charge in [-0.3, -0.25) is 9.69 Å². The summed E-state index contributed by atoms with van der Waals surface area (Å²) in [6.45, 7) is 4.91. The Morgan fingerprint density at radius 1 is 1.10 bits per heavy atom. The third kappa shape index (κ3) is 5.65. The molecule has 6 nitrogen and oxygen atoms in total. The smallest absolute Gasteiger partial charge is 0.224 e. The second kappa shape index (κ2) is 10.2. The van der Waals surface area contributed by atoms with E-state index in [4.69, 9.17) is 25.8 Å². The van der Waals surface area contributed by atoms with Gasteiger partial charge in [-0.2, -0.15) is 0 Å². The zero-order valence-corrected chi connectivity index (χ0v) is 17.7. The van der Waals surface area contributed by atoms with Crippen LogP contribution in [0.1, 0.15) is 17.5 Å². The number of halogens is 1. The number of carbonyl (C=O) groups excluding carboxylic acids is 1. The monoisotopic (exact) mass is 430 g/mol. The molecule has 1 atom stereocenters. The van der Waals surface area contributed by atoms with Crippen LogP contribution >= 0.6 is 11.6 Å². The highest BCUT2D eigenvalue weighted by Gasteiger charge is 2.22. The van der Waals surface area contributed by atoms with Crippen LogP contribution in [0.2, 0.25) is 5.02 Å². The summed E-state index contributed by atoms with van der Waals surface area (Å²) in [5.41, 5.74) is 2.09.